The second-order valence-electron chi connectivity index (χ2n) is 6.82. The van der Waals surface area contributed by atoms with E-state index < -0.39 is 0 Å². The van der Waals surface area contributed by atoms with Crippen LogP contribution in [0.3, 0.4) is 0 Å². The number of hydrogen-bond donors (Lipinski definition) is 1. The molecule has 20 heavy (non-hydrogen) atoms. The zero-order chi connectivity index (χ0) is 14.3. The molecule has 2 amide bonds. The van der Waals surface area contributed by atoms with Gasteiger partial charge in [0.2, 0.25) is 11.8 Å². The Balaban J connectivity index is 1.73. The van der Waals surface area contributed by atoms with Crippen molar-refractivity contribution in [2.75, 3.05) is 6.54 Å². The van der Waals surface area contributed by atoms with Gasteiger partial charge in [-0.15, -0.1) is 0 Å². The van der Waals surface area contributed by atoms with Gasteiger partial charge in [-0.2, -0.15) is 0 Å². The molecule has 1 aliphatic heterocycles. The van der Waals surface area contributed by atoms with E-state index in [1.54, 1.807) is 0 Å². The Labute approximate surface area is 121 Å². The van der Waals surface area contributed by atoms with Gasteiger partial charge < -0.3 is 10.2 Å². The molecule has 0 aromatic heterocycles. The van der Waals surface area contributed by atoms with Gasteiger partial charge >= 0.3 is 0 Å². The molecule has 2 aliphatic carbocycles. The van der Waals surface area contributed by atoms with Crippen LogP contribution in [0.4, 0.5) is 0 Å². The van der Waals surface area contributed by atoms with E-state index in [9.17, 15) is 9.59 Å². The van der Waals surface area contributed by atoms with Crippen molar-refractivity contribution in [3.8, 4) is 0 Å². The van der Waals surface area contributed by atoms with E-state index in [2.05, 4.69) is 5.32 Å². The third-order valence-corrected chi connectivity index (χ3v) is 5.69. The summed E-state index contributed by atoms with van der Waals surface area (Å²) in [4.78, 5) is 26.7. The monoisotopic (exact) mass is 278 g/mol. The van der Waals surface area contributed by atoms with Crippen LogP contribution in [0.5, 0.6) is 0 Å². The van der Waals surface area contributed by atoms with Crippen LogP contribution in [0, 0.1) is 17.8 Å². The lowest BCUT2D eigenvalue weighted by molar-refractivity contribution is -0.150. The van der Waals surface area contributed by atoms with Crippen LogP contribution in [-0.4, -0.2) is 35.3 Å². The molecule has 5 unspecified atom stereocenters. The fraction of sp³-hybridized carbons (Fsp3) is 0.875. The van der Waals surface area contributed by atoms with Crippen molar-refractivity contribution in [1.29, 1.82) is 0 Å². The zero-order valence-electron chi connectivity index (χ0n) is 12.6. The summed E-state index contributed by atoms with van der Waals surface area (Å²) in [5.74, 6) is 2.51. The maximum atomic E-state index is 12.6. The van der Waals surface area contributed by atoms with Gasteiger partial charge in [-0.25, -0.2) is 0 Å². The molecular weight excluding hydrogens is 252 g/mol. The number of fused-ring (bicyclic) bond motifs is 2. The normalized spacial score (nSPS) is 40.3. The van der Waals surface area contributed by atoms with Crippen molar-refractivity contribution in [3.05, 3.63) is 0 Å². The third-order valence-electron chi connectivity index (χ3n) is 5.69. The Bertz CT molecular complexity index is 409. The quantitative estimate of drug-likeness (QED) is 0.854. The Kier molecular flexibility index (Phi) is 3.74. The SMILES string of the molecule is CCC1NC(=O)C(CC)N(CC2CC3CCC2C3)C1=O. The summed E-state index contributed by atoms with van der Waals surface area (Å²) in [6.45, 7) is 4.77. The molecule has 0 radical (unpaired) electrons. The predicted molar refractivity (Wildman–Crippen MR) is 77.0 cm³/mol. The summed E-state index contributed by atoms with van der Waals surface area (Å²) in [5.41, 5.74) is 0. The topological polar surface area (TPSA) is 49.4 Å². The number of carbonyl (C=O) groups is 2. The maximum absolute atomic E-state index is 12.6. The highest BCUT2D eigenvalue weighted by Gasteiger charge is 2.44. The van der Waals surface area contributed by atoms with Gasteiger partial charge in [0.15, 0.2) is 0 Å². The number of hydrogen-bond acceptors (Lipinski definition) is 2. The highest BCUT2D eigenvalue weighted by Crippen LogP contribution is 2.48. The molecule has 0 aromatic carbocycles. The predicted octanol–water partition coefficient (Wildman–Crippen LogP) is 1.94. The summed E-state index contributed by atoms with van der Waals surface area (Å²) in [6, 6.07) is -0.548. The van der Waals surface area contributed by atoms with Crippen LogP contribution in [0.2, 0.25) is 0 Å². The van der Waals surface area contributed by atoms with Crippen LogP contribution in [0.15, 0.2) is 0 Å². The summed E-state index contributed by atoms with van der Waals surface area (Å²) < 4.78 is 0. The Hall–Kier alpha value is -1.06. The molecule has 3 aliphatic rings. The first kappa shape index (κ1) is 13.9. The largest absolute Gasteiger partial charge is 0.343 e. The number of carbonyl (C=O) groups excluding carboxylic acids is 2. The summed E-state index contributed by atoms with van der Waals surface area (Å²) in [6.07, 6.45) is 6.74. The van der Waals surface area contributed by atoms with Crippen molar-refractivity contribution >= 4 is 11.8 Å². The molecule has 1 saturated heterocycles. The van der Waals surface area contributed by atoms with Gasteiger partial charge in [0.1, 0.15) is 12.1 Å². The zero-order valence-corrected chi connectivity index (χ0v) is 12.6. The summed E-state index contributed by atoms with van der Waals surface area (Å²) in [5, 5.41) is 2.88. The lowest BCUT2D eigenvalue weighted by Gasteiger charge is -2.41. The van der Waals surface area contributed by atoms with Crippen molar-refractivity contribution in [3.63, 3.8) is 0 Å². The van der Waals surface area contributed by atoms with E-state index in [4.69, 9.17) is 0 Å². The Morgan fingerprint density at radius 1 is 1.15 bits per heavy atom. The van der Waals surface area contributed by atoms with E-state index in [1.165, 1.54) is 25.7 Å². The molecule has 3 rings (SSSR count). The lowest BCUT2D eigenvalue weighted by atomic mass is 9.87. The first-order valence-electron chi connectivity index (χ1n) is 8.24. The molecule has 1 N–H and O–H groups in total. The number of nitrogens with one attached hydrogen (secondary N) is 1. The van der Waals surface area contributed by atoms with E-state index in [0.717, 1.165) is 24.8 Å². The number of nitrogens with zero attached hydrogens (tertiary/aromatic N) is 1. The van der Waals surface area contributed by atoms with Crippen molar-refractivity contribution < 1.29 is 9.59 Å². The molecule has 2 bridgehead atoms. The molecule has 5 atom stereocenters. The smallest absolute Gasteiger partial charge is 0.245 e. The molecule has 0 spiro atoms. The maximum Gasteiger partial charge on any atom is 0.245 e. The molecule has 3 fully saturated rings. The van der Waals surface area contributed by atoms with Crippen molar-refractivity contribution in [1.82, 2.24) is 10.2 Å². The molecule has 4 nitrogen and oxygen atoms in total. The highest BCUT2D eigenvalue weighted by atomic mass is 16.2. The molecule has 4 heteroatoms. The van der Waals surface area contributed by atoms with Gasteiger partial charge in [0.05, 0.1) is 0 Å². The minimum atomic E-state index is -0.302. The third kappa shape index (κ3) is 2.23. The van der Waals surface area contributed by atoms with Gasteiger partial charge in [-0.3, -0.25) is 9.59 Å². The van der Waals surface area contributed by atoms with Gasteiger partial charge in [-0.1, -0.05) is 20.3 Å². The van der Waals surface area contributed by atoms with Gasteiger partial charge in [0, 0.05) is 6.54 Å². The lowest BCUT2D eigenvalue weighted by Crippen LogP contribution is -2.63. The summed E-state index contributed by atoms with van der Waals surface area (Å²) in [7, 11) is 0. The minimum Gasteiger partial charge on any atom is -0.343 e. The molecular formula is C16H26N2O2. The Morgan fingerprint density at radius 2 is 1.95 bits per heavy atom. The average Bonchev–Trinajstić information content (AvgIpc) is 3.05. The minimum absolute atomic E-state index is 0.0436. The first-order chi connectivity index (χ1) is 9.63. The van der Waals surface area contributed by atoms with Crippen LogP contribution < -0.4 is 5.32 Å². The van der Waals surface area contributed by atoms with Crippen molar-refractivity contribution in [2.24, 2.45) is 17.8 Å². The molecule has 112 valence electrons. The van der Waals surface area contributed by atoms with Crippen LogP contribution in [0.25, 0.3) is 0 Å². The Morgan fingerprint density at radius 3 is 2.50 bits per heavy atom. The molecule has 1 heterocycles. The number of rotatable bonds is 4. The van der Waals surface area contributed by atoms with E-state index in [0.29, 0.717) is 12.3 Å². The fourth-order valence-electron chi connectivity index (χ4n) is 4.58. The fourth-order valence-corrected chi connectivity index (χ4v) is 4.58. The number of amides is 2. The second kappa shape index (κ2) is 5.38. The first-order valence-corrected chi connectivity index (χ1v) is 8.24. The highest BCUT2D eigenvalue weighted by molar-refractivity contribution is 5.96. The summed E-state index contributed by atoms with van der Waals surface area (Å²) >= 11 is 0. The number of piperazine rings is 1. The standard InChI is InChI=1S/C16H26N2O2/c1-3-13-16(20)18(14(4-2)15(19)17-13)9-12-8-10-5-6-11(12)7-10/h10-14H,3-9H2,1-2H3,(H,17,19). The average molecular weight is 278 g/mol. The van der Waals surface area contributed by atoms with Crippen LogP contribution in [0.1, 0.15) is 52.4 Å². The molecule has 0 aromatic rings. The van der Waals surface area contributed by atoms with E-state index in [1.807, 2.05) is 18.7 Å². The van der Waals surface area contributed by atoms with Gasteiger partial charge in [-0.05, 0) is 49.9 Å². The van der Waals surface area contributed by atoms with E-state index in [-0.39, 0.29) is 23.9 Å². The second-order valence-corrected chi connectivity index (χ2v) is 6.82. The molecule has 2 saturated carbocycles. The van der Waals surface area contributed by atoms with E-state index >= 15 is 0 Å². The van der Waals surface area contributed by atoms with Crippen LogP contribution in [-0.2, 0) is 9.59 Å². The van der Waals surface area contributed by atoms with Crippen molar-refractivity contribution in [2.45, 2.75) is 64.5 Å². The van der Waals surface area contributed by atoms with Crippen LogP contribution >= 0.6 is 0 Å². The van der Waals surface area contributed by atoms with Gasteiger partial charge in [0.25, 0.3) is 0 Å².